The van der Waals surface area contributed by atoms with Crippen LogP contribution < -0.4 is 5.32 Å². The van der Waals surface area contributed by atoms with Crippen molar-refractivity contribution in [3.63, 3.8) is 0 Å². The number of nitrogens with zero attached hydrogens (tertiary/aromatic N) is 2. The number of alkyl halides is 3. The number of hydrogen-bond donors (Lipinski definition) is 2. The van der Waals surface area contributed by atoms with Gasteiger partial charge < -0.3 is 9.67 Å². The Bertz CT molecular complexity index is 1120. The molecule has 5 nitrogen and oxygen atoms in total. The van der Waals surface area contributed by atoms with Crippen molar-refractivity contribution in [1.29, 1.82) is 0 Å². The summed E-state index contributed by atoms with van der Waals surface area (Å²) in [7, 11) is 0. The second-order valence-corrected chi connectivity index (χ2v) is 8.69. The van der Waals surface area contributed by atoms with Crippen LogP contribution in [0.5, 0.6) is 0 Å². The van der Waals surface area contributed by atoms with Gasteiger partial charge in [-0.2, -0.15) is 13.2 Å². The van der Waals surface area contributed by atoms with E-state index in [2.05, 4.69) is 10.3 Å². The van der Waals surface area contributed by atoms with Gasteiger partial charge in [0.15, 0.2) is 0 Å². The standard InChI is InChI=1S/C23H24F3N3O2/c1-21(11-6-12-21)29-18-13-16(23(24,25)26)9-10-17(18)27-20(29)28-19(30)14-22(2,31)15-7-4-3-5-8-15/h3-5,7-10,13,31H,6,11-12,14H2,1-2H3,(H,27,28,30). The van der Waals surface area contributed by atoms with E-state index in [-0.39, 0.29) is 12.4 Å². The van der Waals surface area contributed by atoms with Crippen molar-refractivity contribution in [3.05, 3.63) is 59.7 Å². The van der Waals surface area contributed by atoms with Crippen LogP contribution in [0.1, 0.15) is 50.7 Å². The number of aliphatic hydroxyl groups is 1. The molecular weight excluding hydrogens is 407 g/mol. The Kier molecular flexibility index (Phi) is 5.08. The molecular formula is C23H24F3N3O2. The molecule has 4 rings (SSSR count). The van der Waals surface area contributed by atoms with Gasteiger partial charge in [0.2, 0.25) is 11.9 Å². The molecule has 2 aromatic carbocycles. The highest BCUT2D eigenvalue weighted by Gasteiger charge is 2.39. The van der Waals surface area contributed by atoms with Gasteiger partial charge in [-0.05, 0) is 56.9 Å². The number of imidazole rings is 1. The van der Waals surface area contributed by atoms with Crippen molar-refractivity contribution >= 4 is 22.9 Å². The fourth-order valence-electron chi connectivity index (χ4n) is 4.17. The van der Waals surface area contributed by atoms with Crippen LogP contribution in [-0.4, -0.2) is 20.6 Å². The van der Waals surface area contributed by atoms with Crippen molar-refractivity contribution in [1.82, 2.24) is 9.55 Å². The van der Waals surface area contributed by atoms with E-state index >= 15 is 0 Å². The molecule has 0 aliphatic heterocycles. The molecule has 1 fully saturated rings. The molecule has 1 unspecified atom stereocenters. The summed E-state index contributed by atoms with van der Waals surface area (Å²) in [5.74, 6) is -0.269. The topological polar surface area (TPSA) is 67.2 Å². The molecule has 0 spiro atoms. The van der Waals surface area contributed by atoms with Gasteiger partial charge in [0.25, 0.3) is 0 Å². The monoisotopic (exact) mass is 431 g/mol. The number of rotatable bonds is 5. The van der Waals surface area contributed by atoms with Crippen LogP contribution >= 0.6 is 0 Å². The largest absolute Gasteiger partial charge is 0.416 e. The first-order valence-corrected chi connectivity index (χ1v) is 10.2. The zero-order chi connectivity index (χ0) is 22.4. The number of carbonyl (C=O) groups excluding carboxylic acids is 1. The summed E-state index contributed by atoms with van der Waals surface area (Å²) in [4.78, 5) is 17.2. The van der Waals surface area contributed by atoms with E-state index in [4.69, 9.17) is 0 Å². The summed E-state index contributed by atoms with van der Waals surface area (Å²) >= 11 is 0. The Hall–Kier alpha value is -2.87. The fourth-order valence-corrected chi connectivity index (χ4v) is 4.17. The number of anilines is 1. The third kappa shape index (κ3) is 4.04. The molecule has 1 heterocycles. The Labute approximate surface area is 177 Å². The number of aromatic nitrogens is 2. The molecule has 0 bridgehead atoms. The van der Waals surface area contributed by atoms with Crippen LogP contribution in [0.15, 0.2) is 48.5 Å². The van der Waals surface area contributed by atoms with Crippen LogP contribution in [0, 0.1) is 0 Å². The number of hydrogen-bond acceptors (Lipinski definition) is 3. The number of benzene rings is 2. The van der Waals surface area contributed by atoms with E-state index in [0.717, 1.165) is 31.4 Å². The summed E-state index contributed by atoms with van der Waals surface area (Å²) in [5.41, 5.74) is -1.27. The normalized spacial score (nSPS) is 17.7. The van der Waals surface area contributed by atoms with E-state index < -0.39 is 28.8 Å². The van der Waals surface area contributed by atoms with Crippen LogP contribution in [-0.2, 0) is 22.1 Å². The molecule has 31 heavy (non-hydrogen) atoms. The Morgan fingerprint density at radius 2 is 1.84 bits per heavy atom. The number of nitrogens with one attached hydrogen (secondary N) is 1. The maximum Gasteiger partial charge on any atom is 0.416 e. The quantitative estimate of drug-likeness (QED) is 0.584. The van der Waals surface area contributed by atoms with E-state index in [1.165, 1.54) is 6.07 Å². The van der Waals surface area contributed by atoms with Gasteiger partial charge in [-0.25, -0.2) is 4.98 Å². The third-order valence-corrected chi connectivity index (χ3v) is 6.10. The highest BCUT2D eigenvalue weighted by atomic mass is 19.4. The molecule has 0 radical (unpaired) electrons. The molecule has 1 aliphatic rings. The first kappa shape index (κ1) is 21.4. The van der Waals surface area contributed by atoms with E-state index in [1.54, 1.807) is 35.8 Å². The summed E-state index contributed by atoms with van der Waals surface area (Å²) in [6, 6.07) is 12.2. The number of halogens is 3. The molecule has 1 atom stereocenters. The lowest BCUT2D eigenvalue weighted by molar-refractivity contribution is -0.137. The average molecular weight is 431 g/mol. The number of fused-ring (bicyclic) bond motifs is 1. The zero-order valence-corrected chi connectivity index (χ0v) is 17.3. The summed E-state index contributed by atoms with van der Waals surface area (Å²) in [5, 5.41) is 13.5. The minimum absolute atomic E-state index is 0.199. The van der Waals surface area contributed by atoms with E-state index in [0.29, 0.717) is 16.6 Å². The summed E-state index contributed by atoms with van der Waals surface area (Å²) in [6.07, 6.45) is -2.18. The Morgan fingerprint density at radius 3 is 2.42 bits per heavy atom. The van der Waals surface area contributed by atoms with Gasteiger partial charge in [0.1, 0.15) is 0 Å². The number of carbonyl (C=O) groups is 1. The second kappa shape index (κ2) is 7.37. The smallest absolute Gasteiger partial charge is 0.385 e. The van der Waals surface area contributed by atoms with Gasteiger partial charge in [0, 0.05) is 5.54 Å². The maximum atomic E-state index is 13.3. The van der Waals surface area contributed by atoms with Gasteiger partial charge in [0.05, 0.1) is 28.6 Å². The average Bonchev–Trinajstić information content (AvgIpc) is 3.02. The molecule has 3 aromatic rings. The van der Waals surface area contributed by atoms with Gasteiger partial charge in [-0.1, -0.05) is 30.3 Å². The molecule has 8 heteroatoms. The van der Waals surface area contributed by atoms with Crippen LogP contribution in [0.25, 0.3) is 11.0 Å². The highest BCUT2D eigenvalue weighted by Crippen LogP contribution is 2.44. The van der Waals surface area contributed by atoms with Gasteiger partial charge in [-0.3, -0.25) is 10.1 Å². The molecule has 0 saturated heterocycles. The summed E-state index contributed by atoms with van der Waals surface area (Å²) < 4.78 is 41.5. The Morgan fingerprint density at radius 1 is 1.16 bits per heavy atom. The van der Waals surface area contributed by atoms with Gasteiger partial charge >= 0.3 is 6.18 Å². The van der Waals surface area contributed by atoms with Crippen molar-refractivity contribution in [2.45, 2.75) is 56.8 Å². The predicted molar refractivity (Wildman–Crippen MR) is 111 cm³/mol. The molecule has 164 valence electrons. The van der Waals surface area contributed by atoms with E-state index in [9.17, 15) is 23.1 Å². The highest BCUT2D eigenvalue weighted by molar-refractivity contribution is 5.92. The Balaban J connectivity index is 1.68. The van der Waals surface area contributed by atoms with E-state index in [1.807, 2.05) is 13.0 Å². The van der Waals surface area contributed by atoms with Crippen LogP contribution in [0.3, 0.4) is 0 Å². The van der Waals surface area contributed by atoms with Crippen molar-refractivity contribution < 1.29 is 23.1 Å². The maximum absolute atomic E-state index is 13.3. The molecule has 1 amide bonds. The van der Waals surface area contributed by atoms with Gasteiger partial charge in [-0.15, -0.1) is 0 Å². The minimum atomic E-state index is -4.47. The van der Waals surface area contributed by atoms with Crippen molar-refractivity contribution in [2.24, 2.45) is 0 Å². The van der Waals surface area contributed by atoms with Crippen molar-refractivity contribution in [3.8, 4) is 0 Å². The van der Waals surface area contributed by atoms with Crippen LogP contribution in [0.2, 0.25) is 0 Å². The predicted octanol–water partition coefficient (Wildman–Crippen LogP) is 5.19. The molecule has 1 saturated carbocycles. The first-order chi connectivity index (χ1) is 14.5. The number of amides is 1. The van der Waals surface area contributed by atoms with Crippen molar-refractivity contribution in [2.75, 3.05) is 5.32 Å². The zero-order valence-electron chi connectivity index (χ0n) is 17.3. The molecule has 1 aliphatic carbocycles. The first-order valence-electron chi connectivity index (χ1n) is 10.2. The lowest BCUT2D eigenvalue weighted by Gasteiger charge is -2.41. The summed E-state index contributed by atoms with van der Waals surface area (Å²) in [6.45, 7) is 3.50. The molecule has 1 aromatic heterocycles. The molecule has 2 N–H and O–H groups in total. The SMILES string of the molecule is CC(O)(CC(=O)Nc1nc2ccc(C(F)(F)F)cc2n1C1(C)CCC1)c1ccccc1. The fraction of sp³-hybridized carbons (Fsp3) is 0.391. The lowest BCUT2D eigenvalue weighted by Crippen LogP contribution is -2.39. The third-order valence-electron chi connectivity index (χ3n) is 6.10. The van der Waals surface area contributed by atoms with Crippen LogP contribution in [0.4, 0.5) is 19.1 Å². The second-order valence-electron chi connectivity index (χ2n) is 8.69. The minimum Gasteiger partial charge on any atom is -0.385 e. The lowest BCUT2D eigenvalue weighted by atomic mass is 9.78.